The van der Waals surface area contributed by atoms with Gasteiger partial charge in [0.25, 0.3) is 0 Å². The van der Waals surface area contributed by atoms with Crippen molar-refractivity contribution in [1.82, 2.24) is 10.2 Å². The van der Waals surface area contributed by atoms with E-state index >= 15 is 0 Å². The molecular weight excluding hydrogens is 347 g/mol. The molecule has 3 aliphatic heterocycles. The van der Waals surface area contributed by atoms with Crippen LogP contribution in [0.4, 0.5) is 0 Å². The number of carbonyl (C=O) groups excluding carboxylic acids is 1. The predicted molar refractivity (Wildman–Crippen MR) is 94.2 cm³/mol. The molecule has 1 aromatic carbocycles. The SMILES string of the molecule is CC(=O)NC[C@H]1[C@H]2CN(Cc3ccc(Cl)c(Cl)c3)C[C@]23CC[C@H]1O3. The van der Waals surface area contributed by atoms with Crippen molar-refractivity contribution < 1.29 is 9.53 Å². The standard InChI is InChI=1S/C18H22Cl2N2O2/c1-11(23)21-7-13-14-9-22(10-18(14)5-4-17(13)24-18)8-12-2-3-15(19)16(20)6-12/h2-3,6,13-14,17H,4-5,7-10H2,1H3,(H,21,23)/t13-,14+,17+,18+/m0/s1. The molecule has 0 radical (unpaired) electrons. The van der Waals surface area contributed by atoms with Crippen LogP contribution in [-0.4, -0.2) is 42.1 Å². The maximum Gasteiger partial charge on any atom is 0.216 e. The van der Waals surface area contributed by atoms with Crippen molar-refractivity contribution in [3.63, 3.8) is 0 Å². The zero-order valence-corrected chi connectivity index (χ0v) is 15.2. The molecule has 1 aromatic rings. The number of fused-ring (bicyclic) bond motifs is 1. The lowest BCUT2D eigenvalue weighted by molar-refractivity contribution is -0.119. The molecule has 24 heavy (non-hydrogen) atoms. The molecule has 3 aliphatic rings. The Kier molecular flexibility index (Phi) is 4.28. The maximum absolute atomic E-state index is 11.3. The van der Waals surface area contributed by atoms with Crippen LogP contribution in [0.2, 0.25) is 10.0 Å². The normalized spacial score (nSPS) is 34.5. The quantitative estimate of drug-likeness (QED) is 0.887. The molecule has 1 amide bonds. The molecule has 4 atom stereocenters. The van der Waals surface area contributed by atoms with Crippen molar-refractivity contribution in [2.24, 2.45) is 11.8 Å². The van der Waals surface area contributed by atoms with Crippen molar-refractivity contribution in [1.29, 1.82) is 0 Å². The van der Waals surface area contributed by atoms with E-state index in [0.717, 1.165) is 39.0 Å². The average Bonchev–Trinajstić information content (AvgIpc) is 3.16. The molecular formula is C18H22Cl2N2O2. The minimum absolute atomic E-state index is 0.00990. The zero-order chi connectivity index (χ0) is 16.9. The molecule has 1 spiro atoms. The first-order valence-corrected chi connectivity index (χ1v) is 9.31. The molecule has 130 valence electrons. The fourth-order valence-electron chi connectivity index (χ4n) is 4.84. The second kappa shape index (κ2) is 6.17. The van der Waals surface area contributed by atoms with Crippen molar-refractivity contribution in [3.05, 3.63) is 33.8 Å². The smallest absolute Gasteiger partial charge is 0.216 e. The Morgan fingerprint density at radius 3 is 3.00 bits per heavy atom. The summed E-state index contributed by atoms with van der Waals surface area (Å²) in [4.78, 5) is 13.7. The average molecular weight is 369 g/mol. The van der Waals surface area contributed by atoms with Gasteiger partial charge in [0.1, 0.15) is 0 Å². The van der Waals surface area contributed by atoms with Gasteiger partial charge in [0.2, 0.25) is 5.91 Å². The lowest BCUT2D eigenvalue weighted by atomic mass is 9.73. The molecule has 0 aliphatic carbocycles. The largest absolute Gasteiger partial charge is 0.370 e. The maximum atomic E-state index is 11.3. The van der Waals surface area contributed by atoms with Gasteiger partial charge < -0.3 is 10.1 Å². The van der Waals surface area contributed by atoms with Crippen molar-refractivity contribution in [2.75, 3.05) is 19.6 Å². The van der Waals surface area contributed by atoms with E-state index in [1.54, 1.807) is 6.92 Å². The van der Waals surface area contributed by atoms with Crippen LogP contribution in [0.25, 0.3) is 0 Å². The molecule has 3 saturated heterocycles. The van der Waals surface area contributed by atoms with Crippen LogP contribution in [0.15, 0.2) is 18.2 Å². The number of ether oxygens (including phenoxy) is 1. The number of carbonyl (C=O) groups is 1. The van der Waals surface area contributed by atoms with E-state index in [-0.39, 0.29) is 11.5 Å². The number of benzene rings is 1. The summed E-state index contributed by atoms with van der Waals surface area (Å²) in [7, 11) is 0. The van der Waals surface area contributed by atoms with Crippen LogP contribution >= 0.6 is 23.2 Å². The Morgan fingerprint density at radius 1 is 1.42 bits per heavy atom. The summed E-state index contributed by atoms with van der Waals surface area (Å²) < 4.78 is 6.40. The highest BCUT2D eigenvalue weighted by Crippen LogP contribution is 2.54. The molecule has 4 rings (SSSR count). The Balaban J connectivity index is 1.46. The van der Waals surface area contributed by atoms with E-state index in [4.69, 9.17) is 27.9 Å². The van der Waals surface area contributed by atoms with Gasteiger partial charge in [-0.15, -0.1) is 0 Å². The highest BCUT2D eigenvalue weighted by atomic mass is 35.5. The fraction of sp³-hybridized carbons (Fsp3) is 0.611. The van der Waals surface area contributed by atoms with Gasteiger partial charge in [-0.1, -0.05) is 29.3 Å². The minimum Gasteiger partial charge on any atom is -0.370 e. The Labute approximate surface area is 152 Å². The van der Waals surface area contributed by atoms with Gasteiger partial charge in [-0.05, 0) is 30.5 Å². The van der Waals surface area contributed by atoms with E-state index in [9.17, 15) is 4.79 Å². The number of hydrogen-bond acceptors (Lipinski definition) is 3. The number of amides is 1. The van der Waals surface area contributed by atoms with E-state index in [2.05, 4.69) is 10.2 Å². The number of rotatable bonds is 4. The fourth-order valence-corrected chi connectivity index (χ4v) is 5.16. The lowest BCUT2D eigenvalue weighted by Crippen LogP contribution is -2.41. The monoisotopic (exact) mass is 368 g/mol. The van der Waals surface area contributed by atoms with Gasteiger partial charge in [-0.2, -0.15) is 0 Å². The predicted octanol–water partition coefficient (Wildman–Crippen LogP) is 3.11. The number of nitrogens with one attached hydrogen (secondary N) is 1. The highest BCUT2D eigenvalue weighted by molar-refractivity contribution is 6.42. The summed E-state index contributed by atoms with van der Waals surface area (Å²) in [5, 5.41) is 4.19. The lowest BCUT2D eigenvalue weighted by Gasteiger charge is -2.29. The second-order valence-electron chi connectivity index (χ2n) is 7.39. The van der Waals surface area contributed by atoms with Gasteiger partial charge in [-0.25, -0.2) is 0 Å². The van der Waals surface area contributed by atoms with Gasteiger partial charge >= 0.3 is 0 Å². The molecule has 1 N–H and O–H groups in total. The molecule has 2 bridgehead atoms. The molecule has 3 fully saturated rings. The number of hydrogen-bond donors (Lipinski definition) is 1. The summed E-state index contributed by atoms with van der Waals surface area (Å²) >= 11 is 12.1. The van der Waals surface area contributed by atoms with Crippen LogP contribution in [0.5, 0.6) is 0 Å². The molecule has 3 heterocycles. The van der Waals surface area contributed by atoms with Crippen LogP contribution in [0.1, 0.15) is 25.3 Å². The molecule has 0 saturated carbocycles. The summed E-state index contributed by atoms with van der Waals surface area (Å²) in [6.07, 6.45) is 2.56. The first-order valence-electron chi connectivity index (χ1n) is 8.55. The summed E-state index contributed by atoms with van der Waals surface area (Å²) in [5.74, 6) is 0.977. The number of likely N-dealkylation sites (tertiary alicyclic amines) is 1. The molecule has 4 nitrogen and oxygen atoms in total. The minimum atomic E-state index is -0.00990. The number of nitrogens with zero attached hydrogens (tertiary/aromatic N) is 1. The first kappa shape index (κ1) is 16.6. The van der Waals surface area contributed by atoms with Gasteiger partial charge in [-0.3, -0.25) is 9.69 Å². The van der Waals surface area contributed by atoms with Crippen LogP contribution in [-0.2, 0) is 16.1 Å². The Morgan fingerprint density at radius 2 is 2.25 bits per heavy atom. The first-order chi connectivity index (χ1) is 11.5. The molecule has 6 heteroatoms. The van der Waals surface area contributed by atoms with Crippen molar-refractivity contribution in [2.45, 2.75) is 38.0 Å². The van der Waals surface area contributed by atoms with E-state index in [1.807, 2.05) is 18.2 Å². The van der Waals surface area contributed by atoms with Crippen molar-refractivity contribution >= 4 is 29.1 Å². The van der Waals surface area contributed by atoms with E-state index in [1.165, 1.54) is 5.56 Å². The van der Waals surface area contributed by atoms with Crippen LogP contribution < -0.4 is 5.32 Å². The summed E-state index contributed by atoms with van der Waals surface area (Å²) in [5.41, 5.74) is 1.16. The Bertz CT molecular complexity index is 668. The summed E-state index contributed by atoms with van der Waals surface area (Å²) in [6.45, 7) is 5.14. The second-order valence-corrected chi connectivity index (χ2v) is 8.20. The van der Waals surface area contributed by atoms with Gasteiger partial charge in [0, 0.05) is 44.9 Å². The third-order valence-corrected chi connectivity index (χ3v) is 6.57. The van der Waals surface area contributed by atoms with E-state index < -0.39 is 0 Å². The van der Waals surface area contributed by atoms with Gasteiger partial charge in [0.15, 0.2) is 0 Å². The topological polar surface area (TPSA) is 41.6 Å². The van der Waals surface area contributed by atoms with Crippen molar-refractivity contribution in [3.8, 4) is 0 Å². The Hall–Kier alpha value is -0.810. The van der Waals surface area contributed by atoms with Crippen LogP contribution in [0.3, 0.4) is 0 Å². The van der Waals surface area contributed by atoms with E-state index in [0.29, 0.717) is 28.0 Å². The van der Waals surface area contributed by atoms with Crippen LogP contribution in [0, 0.1) is 11.8 Å². The third-order valence-electron chi connectivity index (χ3n) is 5.83. The van der Waals surface area contributed by atoms with Gasteiger partial charge in [0.05, 0.1) is 21.8 Å². The summed E-state index contributed by atoms with van der Waals surface area (Å²) in [6, 6.07) is 5.84. The molecule has 0 aromatic heterocycles. The highest BCUT2D eigenvalue weighted by Gasteiger charge is 2.62. The zero-order valence-electron chi connectivity index (χ0n) is 13.7. The molecule has 0 unspecified atom stereocenters. The third kappa shape index (κ3) is 2.84. The number of halogens is 2.